The molecular formula is C14H19BrN2O2. The zero-order valence-corrected chi connectivity index (χ0v) is 12.6. The summed E-state index contributed by atoms with van der Waals surface area (Å²) >= 11 is 3.44. The summed E-state index contributed by atoms with van der Waals surface area (Å²) in [5, 5.41) is 11.9. The Labute approximate surface area is 121 Å². The average Bonchev–Trinajstić information content (AvgIpc) is 3.17. The maximum Gasteiger partial charge on any atom is 0.238 e. The third-order valence-electron chi connectivity index (χ3n) is 3.24. The molecule has 0 aliphatic heterocycles. The second-order valence-electron chi connectivity index (χ2n) is 4.94. The number of carbonyl (C=O) groups is 1. The molecule has 1 aromatic rings. The number of halogens is 1. The van der Waals surface area contributed by atoms with Crippen molar-refractivity contribution >= 4 is 27.5 Å². The van der Waals surface area contributed by atoms with Crippen LogP contribution in [0.3, 0.4) is 0 Å². The van der Waals surface area contributed by atoms with Crippen LogP contribution in [-0.4, -0.2) is 41.7 Å². The highest BCUT2D eigenvalue weighted by Crippen LogP contribution is 2.26. The summed E-state index contributed by atoms with van der Waals surface area (Å²) in [6.07, 6.45) is 2.26. The van der Waals surface area contributed by atoms with Crippen molar-refractivity contribution in [3.8, 4) is 0 Å². The third kappa shape index (κ3) is 4.30. The summed E-state index contributed by atoms with van der Waals surface area (Å²) in [6, 6.07) is 6.22. The van der Waals surface area contributed by atoms with Gasteiger partial charge >= 0.3 is 0 Å². The van der Waals surface area contributed by atoms with Gasteiger partial charge in [0.1, 0.15) is 0 Å². The minimum atomic E-state index is -0.0259. The van der Waals surface area contributed by atoms with Gasteiger partial charge in [-0.3, -0.25) is 9.69 Å². The molecule has 19 heavy (non-hydrogen) atoms. The standard InChI is InChI=1S/C14H19BrN2O2/c1-10-8-11(2-5-13(10)15)16-14(19)9-17(6-7-18)12-3-4-12/h2,5,8,12,18H,3-4,6-7,9H2,1H3,(H,16,19). The number of aliphatic hydroxyl groups excluding tert-OH is 1. The quantitative estimate of drug-likeness (QED) is 0.842. The van der Waals surface area contributed by atoms with E-state index in [0.717, 1.165) is 28.6 Å². The van der Waals surface area contributed by atoms with Gasteiger partial charge in [0.05, 0.1) is 13.2 Å². The number of benzene rings is 1. The second kappa shape index (κ2) is 6.50. The molecule has 2 N–H and O–H groups in total. The van der Waals surface area contributed by atoms with Crippen LogP contribution in [0.4, 0.5) is 5.69 Å². The molecule has 1 fully saturated rings. The van der Waals surface area contributed by atoms with Gasteiger partial charge in [0.15, 0.2) is 0 Å². The van der Waals surface area contributed by atoms with Crippen molar-refractivity contribution in [2.45, 2.75) is 25.8 Å². The molecule has 1 aliphatic carbocycles. The van der Waals surface area contributed by atoms with Crippen molar-refractivity contribution in [3.05, 3.63) is 28.2 Å². The lowest BCUT2D eigenvalue weighted by Gasteiger charge is -2.20. The normalized spacial score (nSPS) is 14.7. The van der Waals surface area contributed by atoms with E-state index in [4.69, 9.17) is 5.11 Å². The van der Waals surface area contributed by atoms with Crippen LogP contribution in [0.5, 0.6) is 0 Å². The maximum absolute atomic E-state index is 12.0. The van der Waals surface area contributed by atoms with E-state index >= 15 is 0 Å². The summed E-state index contributed by atoms with van der Waals surface area (Å²) < 4.78 is 1.03. The maximum atomic E-state index is 12.0. The Hall–Kier alpha value is -0.910. The molecule has 1 saturated carbocycles. The van der Waals surface area contributed by atoms with Crippen molar-refractivity contribution in [2.24, 2.45) is 0 Å². The van der Waals surface area contributed by atoms with E-state index in [1.165, 1.54) is 0 Å². The monoisotopic (exact) mass is 326 g/mol. The predicted octanol–water partition coefficient (Wildman–Crippen LogP) is 2.15. The van der Waals surface area contributed by atoms with Crippen molar-refractivity contribution in [1.29, 1.82) is 0 Å². The zero-order chi connectivity index (χ0) is 13.8. The fraction of sp³-hybridized carbons (Fsp3) is 0.500. The minimum absolute atomic E-state index is 0.0259. The van der Waals surface area contributed by atoms with Crippen LogP contribution in [0.2, 0.25) is 0 Å². The van der Waals surface area contributed by atoms with Gasteiger partial charge in [0, 0.05) is 22.7 Å². The molecule has 1 aliphatic rings. The topological polar surface area (TPSA) is 52.6 Å². The average molecular weight is 327 g/mol. The molecule has 4 nitrogen and oxygen atoms in total. The summed E-state index contributed by atoms with van der Waals surface area (Å²) in [5.74, 6) is -0.0259. The van der Waals surface area contributed by atoms with E-state index in [2.05, 4.69) is 21.2 Å². The number of rotatable bonds is 6. The first-order valence-corrected chi connectivity index (χ1v) is 7.30. The number of anilines is 1. The first-order valence-electron chi connectivity index (χ1n) is 6.51. The molecule has 0 heterocycles. The van der Waals surface area contributed by atoms with Crippen molar-refractivity contribution < 1.29 is 9.90 Å². The number of carbonyl (C=O) groups excluding carboxylic acids is 1. The first kappa shape index (κ1) is 14.5. The largest absolute Gasteiger partial charge is 0.395 e. The van der Waals surface area contributed by atoms with E-state index in [1.54, 1.807) is 0 Å². The van der Waals surface area contributed by atoms with Crippen LogP contribution in [0.25, 0.3) is 0 Å². The van der Waals surface area contributed by atoms with Crippen LogP contribution < -0.4 is 5.32 Å². The Kier molecular flexibility index (Phi) is 4.96. The summed E-state index contributed by atoms with van der Waals surface area (Å²) in [5.41, 5.74) is 1.90. The number of nitrogens with zero attached hydrogens (tertiary/aromatic N) is 1. The van der Waals surface area contributed by atoms with Gasteiger partial charge in [0.2, 0.25) is 5.91 Å². The summed E-state index contributed by atoms with van der Waals surface area (Å²) in [6.45, 7) is 3.00. The molecule has 0 aromatic heterocycles. The number of hydrogen-bond donors (Lipinski definition) is 2. The van der Waals surface area contributed by atoms with Gasteiger partial charge in [-0.1, -0.05) is 15.9 Å². The second-order valence-corrected chi connectivity index (χ2v) is 5.79. The Morgan fingerprint density at radius 1 is 1.53 bits per heavy atom. The Morgan fingerprint density at radius 3 is 2.84 bits per heavy atom. The molecule has 0 spiro atoms. The Morgan fingerprint density at radius 2 is 2.26 bits per heavy atom. The van der Waals surface area contributed by atoms with Crippen LogP contribution in [0.15, 0.2) is 22.7 Å². The fourth-order valence-electron chi connectivity index (χ4n) is 2.07. The molecule has 0 unspecified atom stereocenters. The number of aliphatic hydroxyl groups is 1. The molecule has 0 bridgehead atoms. The van der Waals surface area contributed by atoms with Crippen molar-refractivity contribution in [3.63, 3.8) is 0 Å². The zero-order valence-electron chi connectivity index (χ0n) is 11.0. The van der Waals surface area contributed by atoms with Gasteiger partial charge in [-0.05, 0) is 43.5 Å². The van der Waals surface area contributed by atoms with Gasteiger partial charge in [0.25, 0.3) is 0 Å². The molecule has 2 rings (SSSR count). The summed E-state index contributed by atoms with van der Waals surface area (Å²) in [4.78, 5) is 14.0. The van der Waals surface area contributed by atoms with Crippen LogP contribution >= 0.6 is 15.9 Å². The molecule has 1 aromatic carbocycles. The predicted molar refractivity (Wildman–Crippen MR) is 79.2 cm³/mol. The van der Waals surface area contributed by atoms with Gasteiger partial charge in [-0.25, -0.2) is 0 Å². The lowest BCUT2D eigenvalue weighted by molar-refractivity contribution is -0.117. The Balaban J connectivity index is 1.90. The SMILES string of the molecule is Cc1cc(NC(=O)CN(CCO)C2CC2)ccc1Br. The summed E-state index contributed by atoms with van der Waals surface area (Å²) in [7, 11) is 0. The highest BCUT2D eigenvalue weighted by Gasteiger charge is 2.29. The lowest BCUT2D eigenvalue weighted by Crippen LogP contribution is -2.36. The van der Waals surface area contributed by atoms with E-state index in [1.807, 2.05) is 30.0 Å². The fourth-order valence-corrected chi connectivity index (χ4v) is 2.31. The van der Waals surface area contributed by atoms with Crippen LogP contribution in [0.1, 0.15) is 18.4 Å². The lowest BCUT2D eigenvalue weighted by atomic mass is 10.2. The van der Waals surface area contributed by atoms with E-state index < -0.39 is 0 Å². The number of amides is 1. The van der Waals surface area contributed by atoms with Crippen molar-refractivity contribution in [1.82, 2.24) is 4.90 Å². The van der Waals surface area contributed by atoms with E-state index in [0.29, 0.717) is 19.1 Å². The first-order chi connectivity index (χ1) is 9.10. The number of hydrogen-bond acceptors (Lipinski definition) is 3. The molecule has 1 amide bonds. The van der Waals surface area contributed by atoms with E-state index in [-0.39, 0.29) is 12.5 Å². The highest BCUT2D eigenvalue weighted by atomic mass is 79.9. The van der Waals surface area contributed by atoms with Gasteiger partial charge in [-0.2, -0.15) is 0 Å². The third-order valence-corrected chi connectivity index (χ3v) is 4.13. The molecule has 104 valence electrons. The highest BCUT2D eigenvalue weighted by molar-refractivity contribution is 9.10. The number of aryl methyl sites for hydroxylation is 1. The molecule has 0 atom stereocenters. The van der Waals surface area contributed by atoms with E-state index in [9.17, 15) is 4.79 Å². The van der Waals surface area contributed by atoms with Gasteiger partial charge in [-0.15, -0.1) is 0 Å². The number of nitrogens with one attached hydrogen (secondary N) is 1. The van der Waals surface area contributed by atoms with Crippen LogP contribution in [-0.2, 0) is 4.79 Å². The molecule has 5 heteroatoms. The minimum Gasteiger partial charge on any atom is -0.395 e. The van der Waals surface area contributed by atoms with Gasteiger partial charge < -0.3 is 10.4 Å². The smallest absolute Gasteiger partial charge is 0.238 e. The van der Waals surface area contributed by atoms with Crippen molar-refractivity contribution in [2.75, 3.05) is 25.0 Å². The molecule has 0 saturated heterocycles. The molecular weight excluding hydrogens is 308 g/mol. The Bertz CT molecular complexity index is 461. The molecule has 0 radical (unpaired) electrons. The van der Waals surface area contributed by atoms with Crippen LogP contribution in [0, 0.1) is 6.92 Å².